The Morgan fingerprint density at radius 3 is 1.22 bits per heavy atom. The highest BCUT2D eigenvalue weighted by Crippen LogP contribution is 2.27. The van der Waals surface area contributed by atoms with Crippen molar-refractivity contribution >= 4 is 0 Å². The average molecular weight is 342 g/mol. The topological polar surface area (TPSA) is 190 Å². The summed E-state index contributed by atoms with van der Waals surface area (Å²) in [4.78, 5) is 0. The van der Waals surface area contributed by atoms with Gasteiger partial charge in [-0.25, -0.2) is 0 Å². The van der Waals surface area contributed by atoms with Crippen LogP contribution in [0.4, 0.5) is 0 Å². The quantitative estimate of drug-likeness (QED) is 0.243. The highest BCUT2D eigenvalue weighted by Gasteiger charge is 2.49. The van der Waals surface area contributed by atoms with Gasteiger partial charge in [-0.1, -0.05) is 0 Å². The molecule has 0 aromatic carbocycles. The standard InChI is InChI=1S/C12H22O11/c13-1-3-5(15)7(17)9(19)11(21-3)23-12-10(20)8(18)6(16)4(2-14)22-12/h3-20H,1-2H2/t3-,4-,5-,6-,7+,8+,9+,10+,11+,12?/m1/s1. The number of ether oxygens (including phenoxy) is 3. The number of aliphatic hydroxyl groups is 8. The summed E-state index contributed by atoms with van der Waals surface area (Å²) in [6, 6.07) is 0. The number of hydrogen-bond donors (Lipinski definition) is 8. The molecule has 0 aromatic heterocycles. The zero-order valence-electron chi connectivity index (χ0n) is 12.0. The first kappa shape index (κ1) is 18.9. The van der Waals surface area contributed by atoms with Gasteiger partial charge in [-0.05, 0) is 0 Å². The van der Waals surface area contributed by atoms with Crippen LogP contribution in [0.5, 0.6) is 0 Å². The van der Waals surface area contributed by atoms with E-state index in [-0.39, 0.29) is 0 Å². The van der Waals surface area contributed by atoms with Crippen LogP contribution in [0, 0.1) is 0 Å². The first-order chi connectivity index (χ1) is 10.8. The van der Waals surface area contributed by atoms with E-state index < -0.39 is 74.6 Å². The minimum absolute atomic E-state index is 0.667. The van der Waals surface area contributed by atoms with Crippen molar-refractivity contribution < 1.29 is 55.1 Å². The highest BCUT2D eigenvalue weighted by atomic mass is 16.8. The Bertz CT molecular complexity index is 344. The molecular weight excluding hydrogens is 320 g/mol. The summed E-state index contributed by atoms with van der Waals surface area (Å²) in [6.07, 6.45) is -15.6. The van der Waals surface area contributed by atoms with Crippen molar-refractivity contribution in [1.82, 2.24) is 0 Å². The summed E-state index contributed by atoms with van der Waals surface area (Å²) in [5, 5.41) is 76.4. The molecule has 2 rings (SSSR count). The fourth-order valence-electron chi connectivity index (χ4n) is 2.49. The fourth-order valence-corrected chi connectivity index (χ4v) is 2.49. The van der Waals surface area contributed by atoms with Crippen LogP contribution in [0.1, 0.15) is 0 Å². The van der Waals surface area contributed by atoms with Crippen molar-refractivity contribution in [2.45, 2.75) is 61.4 Å². The molecule has 0 radical (unpaired) electrons. The van der Waals surface area contributed by atoms with Crippen LogP contribution < -0.4 is 0 Å². The van der Waals surface area contributed by atoms with Crippen molar-refractivity contribution in [3.8, 4) is 0 Å². The fraction of sp³-hybridized carbons (Fsp3) is 1.00. The van der Waals surface area contributed by atoms with E-state index in [9.17, 15) is 30.6 Å². The first-order valence-corrected chi connectivity index (χ1v) is 7.08. The van der Waals surface area contributed by atoms with Crippen LogP contribution in [0.3, 0.4) is 0 Å². The second-order valence-corrected chi connectivity index (χ2v) is 5.53. The van der Waals surface area contributed by atoms with Crippen molar-refractivity contribution in [3.05, 3.63) is 0 Å². The summed E-state index contributed by atoms with van der Waals surface area (Å²) in [5.74, 6) is 0. The molecule has 136 valence electrons. The molecule has 0 saturated carbocycles. The molecule has 2 heterocycles. The first-order valence-electron chi connectivity index (χ1n) is 7.08. The van der Waals surface area contributed by atoms with Gasteiger partial charge in [0.15, 0.2) is 12.6 Å². The Hall–Kier alpha value is -0.440. The van der Waals surface area contributed by atoms with E-state index in [1.165, 1.54) is 0 Å². The molecule has 1 unspecified atom stereocenters. The van der Waals surface area contributed by atoms with Crippen LogP contribution in [0.2, 0.25) is 0 Å². The second kappa shape index (κ2) is 7.63. The average Bonchev–Trinajstić information content (AvgIpc) is 2.55. The smallest absolute Gasteiger partial charge is 0.189 e. The van der Waals surface area contributed by atoms with Gasteiger partial charge in [-0.3, -0.25) is 0 Å². The van der Waals surface area contributed by atoms with E-state index in [0.29, 0.717) is 0 Å². The van der Waals surface area contributed by atoms with Crippen LogP contribution in [-0.4, -0.2) is 115 Å². The number of hydrogen-bond acceptors (Lipinski definition) is 11. The Balaban J connectivity index is 2.07. The van der Waals surface area contributed by atoms with Crippen molar-refractivity contribution in [1.29, 1.82) is 0 Å². The van der Waals surface area contributed by atoms with E-state index in [4.69, 9.17) is 24.4 Å². The summed E-state index contributed by atoms with van der Waals surface area (Å²) in [5.41, 5.74) is 0. The predicted molar refractivity (Wildman–Crippen MR) is 68.6 cm³/mol. The van der Waals surface area contributed by atoms with E-state index in [0.717, 1.165) is 0 Å². The van der Waals surface area contributed by atoms with Gasteiger partial charge in [-0.15, -0.1) is 0 Å². The van der Waals surface area contributed by atoms with Crippen LogP contribution in [0.15, 0.2) is 0 Å². The maximum atomic E-state index is 9.84. The summed E-state index contributed by atoms with van der Waals surface area (Å²) in [6.45, 7) is -1.33. The Kier molecular flexibility index (Phi) is 6.27. The van der Waals surface area contributed by atoms with Gasteiger partial charge in [0, 0.05) is 0 Å². The lowest BCUT2D eigenvalue weighted by Crippen LogP contribution is -2.63. The maximum absolute atomic E-state index is 9.84. The van der Waals surface area contributed by atoms with E-state index >= 15 is 0 Å². The lowest BCUT2D eigenvalue weighted by Gasteiger charge is -2.44. The zero-order chi connectivity index (χ0) is 17.3. The van der Waals surface area contributed by atoms with Crippen molar-refractivity contribution in [3.63, 3.8) is 0 Å². The van der Waals surface area contributed by atoms with Crippen molar-refractivity contribution in [2.75, 3.05) is 13.2 Å². The van der Waals surface area contributed by atoms with Gasteiger partial charge in [0.05, 0.1) is 13.2 Å². The molecule has 23 heavy (non-hydrogen) atoms. The molecule has 0 amide bonds. The molecule has 2 fully saturated rings. The molecule has 2 saturated heterocycles. The predicted octanol–water partition coefficient (Wildman–Crippen LogP) is -5.40. The number of rotatable bonds is 4. The SMILES string of the molecule is OC[C@H]1O[C@@H](OC2O[C@H](CO)[C@@H](O)[C@H](O)[C@@H]2O)[C@@H](O)[C@@H](O)[C@@H]1O. The molecule has 2 aliphatic heterocycles. The monoisotopic (exact) mass is 342 g/mol. The number of aliphatic hydroxyl groups excluding tert-OH is 8. The third kappa shape index (κ3) is 3.65. The summed E-state index contributed by atoms with van der Waals surface area (Å²) in [7, 11) is 0. The van der Waals surface area contributed by atoms with Crippen LogP contribution >= 0.6 is 0 Å². The molecule has 10 atom stereocenters. The highest BCUT2D eigenvalue weighted by molar-refractivity contribution is 4.92. The van der Waals surface area contributed by atoms with Gasteiger partial charge < -0.3 is 55.1 Å². The Labute approximate surface area is 130 Å². The Morgan fingerprint density at radius 1 is 0.565 bits per heavy atom. The normalized spacial score (nSPS) is 51.7. The van der Waals surface area contributed by atoms with Gasteiger partial charge >= 0.3 is 0 Å². The lowest BCUT2D eigenvalue weighted by molar-refractivity contribution is -0.376. The largest absolute Gasteiger partial charge is 0.394 e. The molecule has 0 aliphatic carbocycles. The minimum Gasteiger partial charge on any atom is -0.394 e. The molecule has 2 aliphatic rings. The molecule has 11 nitrogen and oxygen atoms in total. The van der Waals surface area contributed by atoms with Crippen LogP contribution in [-0.2, 0) is 14.2 Å². The van der Waals surface area contributed by atoms with Gasteiger partial charge in [0.2, 0.25) is 0 Å². The van der Waals surface area contributed by atoms with Crippen molar-refractivity contribution in [2.24, 2.45) is 0 Å². The van der Waals surface area contributed by atoms with Crippen LogP contribution in [0.25, 0.3) is 0 Å². The zero-order valence-corrected chi connectivity index (χ0v) is 12.0. The maximum Gasteiger partial charge on any atom is 0.189 e. The molecule has 0 spiro atoms. The summed E-state index contributed by atoms with van der Waals surface area (Å²) >= 11 is 0. The molecular formula is C12H22O11. The third-order valence-electron chi connectivity index (χ3n) is 3.97. The minimum atomic E-state index is -1.72. The third-order valence-corrected chi connectivity index (χ3v) is 3.97. The van der Waals surface area contributed by atoms with Gasteiger partial charge in [0.25, 0.3) is 0 Å². The van der Waals surface area contributed by atoms with E-state index in [1.54, 1.807) is 0 Å². The Morgan fingerprint density at radius 2 is 0.913 bits per heavy atom. The second-order valence-electron chi connectivity index (χ2n) is 5.53. The van der Waals surface area contributed by atoms with Gasteiger partial charge in [0.1, 0.15) is 48.8 Å². The molecule has 11 heteroatoms. The molecule has 0 bridgehead atoms. The molecule has 8 N–H and O–H groups in total. The van der Waals surface area contributed by atoms with E-state index in [2.05, 4.69) is 0 Å². The summed E-state index contributed by atoms with van der Waals surface area (Å²) < 4.78 is 15.3. The lowest BCUT2D eigenvalue weighted by atomic mass is 9.98. The van der Waals surface area contributed by atoms with Gasteiger partial charge in [-0.2, -0.15) is 0 Å². The van der Waals surface area contributed by atoms with E-state index in [1.807, 2.05) is 0 Å². The molecule has 0 aromatic rings.